The van der Waals surface area contributed by atoms with Crippen molar-refractivity contribution in [3.8, 4) is 20.9 Å². The Morgan fingerprint density at radius 3 is 1.95 bits per heavy atom. The van der Waals surface area contributed by atoms with Crippen molar-refractivity contribution in [2.45, 2.75) is 4.90 Å². The quantitative estimate of drug-likeness (QED) is 0.547. The second-order valence-corrected chi connectivity index (χ2v) is 6.14. The molecule has 1 heterocycles. The van der Waals surface area contributed by atoms with E-state index in [2.05, 4.69) is 73.0 Å². The zero-order valence-electron chi connectivity index (χ0n) is 10.7. The molecule has 0 spiro atoms. The Morgan fingerprint density at radius 2 is 1.37 bits per heavy atom. The molecular formula is C17H14S2. The van der Waals surface area contributed by atoms with Gasteiger partial charge in [-0.3, -0.25) is 0 Å². The first-order chi connectivity index (χ1) is 9.38. The summed E-state index contributed by atoms with van der Waals surface area (Å²) in [7, 11) is 0. The highest BCUT2D eigenvalue weighted by molar-refractivity contribution is 7.99. The summed E-state index contributed by atoms with van der Waals surface area (Å²) >= 11 is 3.69. The molecule has 1 aromatic heterocycles. The van der Waals surface area contributed by atoms with E-state index < -0.39 is 0 Å². The normalized spacial score (nSPS) is 10.6. The number of thiophene rings is 1. The summed E-state index contributed by atoms with van der Waals surface area (Å²) in [4.78, 5) is 4.06. The smallest absolute Gasteiger partial charge is 0.0485 e. The highest BCUT2D eigenvalue weighted by Gasteiger charge is 2.11. The van der Waals surface area contributed by atoms with Crippen LogP contribution in [0.15, 0.2) is 71.6 Å². The molecule has 2 heteroatoms. The fourth-order valence-corrected chi connectivity index (χ4v) is 4.11. The molecule has 0 aliphatic heterocycles. The van der Waals surface area contributed by atoms with Crippen molar-refractivity contribution in [2.24, 2.45) is 0 Å². The maximum absolute atomic E-state index is 2.30. The van der Waals surface area contributed by atoms with E-state index in [0.29, 0.717) is 0 Å². The van der Waals surface area contributed by atoms with Gasteiger partial charge < -0.3 is 0 Å². The monoisotopic (exact) mass is 282 g/mol. The Morgan fingerprint density at radius 1 is 0.789 bits per heavy atom. The molecule has 19 heavy (non-hydrogen) atoms. The summed E-state index contributed by atoms with van der Waals surface area (Å²) in [5.74, 6) is 0. The van der Waals surface area contributed by atoms with E-state index in [1.807, 2.05) is 23.1 Å². The molecule has 0 nitrogen and oxygen atoms in total. The molecular weight excluding hydrogens is 268 g/mol. The van der Waals surface area contributed by atoms with Crippen LogP contribution in [0.2, 0.25) is 0 Å². The minimum Gasteiger partial charge on any atom is -0.134 e. The van der Waals surface area contributed by atoms with Crippen molar-refractivity contribution in [3.63, 3.8) is 0 Å². The lowest BCUT2D eigenvalue weighted by Crippen LogP contribution is -1.72. The molecule has 94 valence electrons. The third-order valence-electron chi connectivity index (χ3n) is 3.01. The second kappa shape index (κ2) is 5.64. The molecule has 0 amide bonds. The fraction of sp³-hybridized carbons (Fsp3) is 0.0588. The molecule has 0 unspecified atom stereocenters. The van der Waals surface area contributed by atoms with Crippen LogP contribution in [0.4, 0.5) is 0 Å². The van der Waals surface area contributed by atoms with Crippen molar-refractivity contribution in [1.82, 2.24) is 0 Å². The van der Waals surface area contributed by atoms with E-state index in [9.17, 15) is 0 Å². The van der Waals surface area contributed by atoms with E-state index in [4.69, 9.17) is 0 Å². The fourth-order valence-electron chi connectivity index (χ4n) is 2.06. The predicted octanol–water partition coefficient (Wildman–Crippen LogP) is 5.80. The molecule has 0 fully saturated rings. The SMILES string of the molecule is CSc1cc(-c2ccccc2)sc1-c1ccccc1. The number of benzene rings is 2. The Balaban J connectivity index is 2.09. The molecule has 0 aliphatic carbocycles. The molecule has 0 aliphatic rings. The van der Waals surface area contributed by atoms with Gasteiger partial charge in [-0.15, -0.1) is 23.1 Å². The van der Waals surface area contributed by atoms with Crippen molar-refractivity contribution >= 4 is 23.1 Å². The van der Waals surface area contributed by atoms with Crippen LogP contribution in [-0.2, 0) is 0 Å². The first-order valence-electron chi connectivity index (χ1n) is 6.17. The van der Waals surface area contributed by atoms with E-state index in [-0.39, 0.29) is 0 Å². The lowest BCUT2D eigenvalue weighted by molar-refractivity contribution is 1.55. The largest absolute Gasteiger partial charge is 0.134 e. The molecule has 2 aromatic carbocycles. The molecule has 0 N–H and O–H groups in total. The predicted molar refractivity (Wildman–Crippen MR) is 87.0 cm³/mol. The second-order valence-electron chi connectivity index (χ2n) is 4.24. The van der Waals surface area contributed by atoms with Gasteiger partial charge in [0.2, 0.25) is 0 Å². The molecule has 3 aromatic rings. The maximum atomic E-state index is 2.30. The summed E-state index contributed by atoms with van der Waals surface area (Å²) in [6.07, 6.45) is 2.14. The standard InChI is InChI=1S/C17H14S2/c1-18-16-12-15(13-8-4-2-5-9-13)19-17(16)14-10-6-3-7-11-14/h2-12H,1H3. The number of hydrogen-bond donors (Lipinski definition) is 0. The summed E-state index contributed by atoms with van der Waals surface area (Å²) in [5, 5.41) is 0. The number of hydrogen-bond acceptors (Lipinski definition) is 2. The minimum absolute atomic E-state index is 1.30. The average molecular weight is 282 g/mol. The zero-order chi connectivity index (χ0) is 13.1. The van der Waals surface area contributed by atoms with Crippen LogP contribution in [0, 0.1) is 0 Å². The van der Waals surface area contributed by atoms with Crippen LogP contribution < -0.4 is 0 Å². The van der Waals surface area contributed by atoms with E-state index in [1.165, 1.54) is 25.8 Å². The van der Waals surface area contributed by atoms with Gasteiger partial charge in [0.25, 0.3) is 0 Å². The summed E-state index contributed by atoms with van der Waals surface area (Å²) in [6, 6.07) is 23.5. The van der Waals surface area contributed by atoms with Crippen LogP contribution in [0.5, 0.6) is 0 Å². The Kier molecular flexibility index (Phi) is 3.72. The molecule has 0 radical (unpaired) electrons. The molecule has 0 saturated carbocycles. The van der Waals surface area contributed by atoms with Crippen molar-refractivity contribution < 1.29 is 0 Å². The van der Waals surface area contributed by atoms with Crippen LogP contribution in [0.25, 0.3) is 20.9 Å². The summed E-state index contributed by atoms with van der Waals surface area (Å²) in [6.45, 7) is 0. The first-order valence-corrected chi connectivity index (χ1v) is 8.21. The van der Waals surface area contributed by atoms with Gasteiger partial charge in [-0.1, -0.05) is 60.7 Å². The molecule has 3 rings (SSSR count). The molecule has 0 atom stereocenters. The Bertz CT molecular complexity index is 654. The van der Waals surface area contributed by atoms with Gasteiger partial charge in [0.05, 0.1) is 0 Å². The van der Waals surface area contributed by atoms with Crippen LogP contribution >= 0.6 is 23.1 Å². The van der Waals surface area contributed by atoms with Crippen molar-refractivity contribution in [2.75, 3.05) is 6.26 Å². The minimum atomic E-state index is 1.30. The van der Waals surface area contributed by atoms with Gasteiger partial charge in [0, 0.05) is 14.6 Å². The highest BCUT2D eigenvalue weighted by atomic mass is 32.2. The lowest BCUT2D eigenvalue weighted by Gasteiger charge is -1.99. The third kappa shape index (κ3) is 2.60. The third-order valence-corrected chi connectivity index (χ3v) is 5.14. The van der Waals surface area contributed by atoms with Crippen LogP contribution in [-0.4, -0.2) is 6.26 Å². The Labute approximate surface area is 122 Å². The van der Waals surface area contributed by atoms with Crippen molar-refractivity contribution in [3.05, 3.63) is 66.7 Å². The zero-order valence-corrected chi connectivity index (χ0v) is 12.3. The van der Waals surface area contributed by atoms with Gasteiger partial charge in [-0.05, 0) is 23.4 Å². The van der Waals surface area contributed by atoms with Gasteiger partial charge in [0.1, 0.15) is 0 Å². The summed E-state index contributed by atoms with van der Waals surface area (Å²) in [5.41, 5.74) is 2.60. The van der Waals surface area contributed by atoms with Gasteiger partial charge in [0.15, 0.2) is 0 Å². The van der Waals surface area contributed by atoms with Crippen molar-refractivity contribution in [1.29, 1.82) is 0 Å². The first kappa shape index (κ1) is 12.5. The topological polar surface area (TPSA) is 0 Å². The van der Waals surface area contributed by atoms with Gasteiger partial charge in [-0.2, -0.15) is 0 Å². The molecule has 0 bridgehead atoms. The Hall–Kier alpha value is -1.51. The molecule has 0 saturated heterocycles. The van der Waals surface area contributed by atoms with Crippen LogP contribution in [0.3, 0.4) is 0 Å². The lowest BCUT2D eigenvalue weighted by atomic mass is 10.1. The average Bonchev–Trinajstić information content (AvgIpc) is 2.93. The summed E-state index contributed by atoms with van der Waals surface area (Å²) < 4.78 is 0. The maximum Gasteiger partial charge on any atom is 0.0485 e. The van der Waals surface area contributed by atoms with E-state index in [1.54, 1.807) is 0 Å². The number of thioether (sulfide) groups is 1. The van der Waals surface area contributed by atoms with Gasteiger partial charge >= 0.3 is 0 Å². The van der Waals surface area contributed by atoms with Crippen LogP contribution in [0.1, 0.15) is 0 Å². The number of rotatable bonds is 3. The van der Waals surface area contributed by atoms with Gasteiger partial charge in [-0.25, -0.2) is 0 Å². The van der Waals surface area contributed by atoms with E-state index >= 15 is 0 Å². The highest BCUT2D eigenvalue weighted by Crippen LogP contribution is 2.41. The van der Waals surface area contributed by atoms with E-state index in [0.717, 1.165) is 0 Å².